The number of rotatable bonds is 5. The first kappa shape index (κ1) is 27.0. The lowest BCUT2D eigenvalue weighted by atomic mass is 9.71. The summed E-state index contributed by atoms with van der Waals surface area (Å²) in [7, 11) is 0. The summed E-state index contributed by atoms with van der Waals surface area (Å²) in [5.74, 6) is -0.127. The average molecular weight is 561 g/mol. The van der Waals surface area contributed by atoms with E-state index in [4.69, 9.17) is 11.5 Å². The van der Waals surface area contributed by atoms with Gasteiger partial charge >= 0.3 is 5.96 Å². The van der Waals surface area contributed by atoms with Crippen LogP contribution < -0.4 is 32.4 Å². The Morgan fingerprint density at radius 3 is 2.76 bits per heavy atom. The first-order valence-electron chi connectivity index (χ1n) is 14.1. The smallest absolute Gasteiger partial charge is 0.343 e. The zero-order valence-electron chi connectivity index (χ0n) is 23.6. The van der Waals surface area contributed by atoms with Crippen molar-refractivity contribution >= 4 is 23.7 Å². The fourth-order valence-electron chi connectivity index (χ4n) is 7.04. The maximum atomic E-state index is 13.6. The van der Waals surface area contributed by atoms with Crippen LogP contribution in [0.15, 0.2) is 41.4 Å². The van der Waals surface area contributed by atoms with Crippen molar-refractivity contribution in [2.45, 2.75) is 75.3 Å². The van der Waals surface area contributed by atoms with Gasteiger partial charge in [-0.1, -0.05) is 32.0 Å². The number of aliphatic hydroxyl groups excluding tert-OH is 1. The first-order chi connectivity index (χ1) is 19.5. The maximum absolute atomic E-state index is 13.6. The summed E-state index contributed by atoms with van der Waals surface area (Å²) in [4.78, 5) is 40.3. The number of aromatic nitrogens is 1. The van der Waals surface area contributed by atoms with Gasteiger partial charge in [0.05, 0.1) is 6.04 Å². The molecule has 12 nitrogen and oxygen atoms in total. The second kappa shape index (κ2) is 9.72. The van der Waals surface area contributed by atoms with Crippen LogP contribution >= 0.6 is 0 Å². The summed E-state index contributed by atoms with van der Waals surface area (Å²) in [6.45, 7) is 6.60. The Morgan fingerprint density at radius 1 is 1.20 bits per heavy atom. The number of aliphatic imine (C=N–C) groups is 1. The molecular weight excluding hydrogens is 522 g/mol. The van der Waals surface area contributed by atoms with E-state index in [0.717, 1.165) is 30.5 Å². The van der Waals surface area contributed by atoms with Crippen LogP contribution in [0.25, 0.3) is 0 Å². The SMILES string of the molecule is Cc1cccc(C(=O)NC[C@@H]2N=C(N)N3CC(NC(=O)c4cccc5c4CCCC5(C)C)[C@@H](O)[C@@]34NC(N)=[NH+][C@@H]24)n1. The van der Waals surface area contributed by atoms with Crippen LogP contribution in [0.1, 0.15) is 64.4 Å². The van der Waals surface area contributed by atoms with Gasteiger partial charge in [0.1, 0.15) is 17.8 Å². The quantitative estimate of drug-likeness (QED) is 0.218. The van der Waals surface area contributed by atoms with Crippen molar-refractivity contribution in [3.05, 3.63) is 64.5 Å². The number of pyridine rings is 1. The topological polar surface area (TPSA) is 185 Å². The van der Waals surface area contributed by atoms with Gasteiger partial charge in [0, 0.05) is 24.3 Å². The number of aryl methyl sites for hydroxylation is 1. The molecule has 1 aliphatic carbocycles. The summed E-state index contributed by atoms with van der Waals surface area (Å²) < 4.78 is 0. The molecule has 1 saturated heterocycles. The van der Waals surface area contributed by atoms with Gasteiger partial charge in [0.2, 0.25) is 5.66 Å². The van der Waals surface area contributed by atoms with E-state index in [-0.39, 0.29) is 42.2 Å². The molecule has 1 aromatic heterocycles. The van der Waals surface area contributed by atoms with Crippen LogP contribution in [0.2, 0.25) is 0 Å². The van der Waals surface area contributed by atoms with Gasteiger partial charge in [-0.15, -0.1) is 0 Å². The van der Waals surface area contributed by atoms with E-state index in [1.54, 1.807) is 17.0 Å². The number of amides is 2. The lowest BCUT2D eigenvalue weighted by molar-refractivity contribution is -0.513. The van der Waals surface area contributed by atoms with Gasteiger partial charge in [-0.2, -0.15) is 0 Å². The molecular formula is C29H38N9O3+. The number of aliphatic hydroxyl groups is 1. The van der Waals surface area contributed by atoms with Gasteiger partial charge < -0.3 is 26.4 Å². The predicted molar refractivity (Wildman–Crippen MR) is 153 cm³/mol. The molecule has 6 rings (SSSR count). The Morgan fingerprint density at radius 2 is 1.98 bits per heavy atom. The number of nitrogens with one attached hydrogen (secondary N) is 4. The number of nitrogens with two attached hydrogens (primary N) is 2. The van der Waals surface area contributed by atoms with E-state index in [2.05, 4.69) is 50.8 Å². The third-order valence-corrected chi connectivity index (χ3v) is 9.02. The summed E-state index contributed by atoms with van der Waals surface area (Å²) in [6, 6.07) is 9.37. The summed E-state index contributed by atoms with van der Waals surface area (Å²) in [5.41, 5.74) is 15.4. The molecule has 2 amide bonds. The zero-order chi connectivity index (χ0) is 29.1. The number of carbonyl (C=O) groups excluding carboxylic acids is 2. The highest BCUT2D eigenvalue weighted by Gasteiger charge is 2.68. The third kappa shape index (κ3) is 4.37. The van der Waals surface area contributed by atoms with Crippen LogP contribution in [0.5, 0.6) is 0 Å². The molecule has 5 atom stereocenters. The minimum Gasteiger partial charge on any atom is -0.385 e. The Balaban J connectivity index is 1.23. The van der Waals surface area contributed by atoms with E-state index >= 15 is 0 Å². The molecule has 216 valence electrons. The van der Waals surface area contributed by atoms with E-state index in [9.17, 15) is 14.7 Å². The Labute approximate surface area is 238 Å². The highest BCUT2D eigenvalue weighted by Crippen LogP contribution is 2.39. The molecule has 2 aromatic rings. The number of carbonyl (C=O) groups is 2. The first-order valence-corrected chi connectivity index (χ1v) is 14.1. The highest BCUT2D eigenvalue weighted by atomic mass is 16.3. The number of benzene rings is 1. The molecule has 9 N–H and O–H groups in total. The zero-order valence-corrected chi connectivity index (χ0v) is 23.6. The number of hydrogen-bond acceptors (Lipinski definition) is 9. The van der Waals surface area contributed by atoms with E-state index in [1.807, 2.05) is 25.1 Å². The molecule has 3 aliphatic heterocycles. The Kier molecular flexibility index (Phi) is 6.40. The molecule has 1 aromatic carbocycles. The van der Waals surface area contributed by atoms with Gasteiger partial charge in [-0.05, 0) is 60.9 Å². The van der Waals surface area contributed by atoms with Gasteiger partial charge in [-0.3, -0.25) is 20.3 Å². The van der Waals surface area contributed by atoms with Gasteiger partial charge in [-0.25, -0.2) is 15.3 Å². The highest BCUT2D eigenvalue weighted by molar-refractivity contribution is 5.97. The van der Waals surface area contributed by atoms with E-state index in [1.165, 1.54) is 5.56 Å². The van der Waals surface area contributed by atoms with Crippen LogP contribution in [-0.2, 0) is 11.8 Å². The average Bonchev–Trinajstić information content (AvgIpc) is 3.43. The molecule has 1 fully saturated rings. The second-order valence-electron chi connectivity index (χ2n) is 12.1. The van der Waals surface area contributed by atoms with Crippen molar-refractivity contribution in [3.8, 4) is 0 Å². The number of guanidine groups is 2. The second-order valence-corrected chi connectivity index (χ2v) is 12.1. The molecule has 1 spiro atoms. The lowest BCUT2D eigenvalue weighted by Gasteiger charge is -2.43. The molecule has 41 heavy (non-hydrogen) atoms. The molecule has 0 bridgehead atoms. The van der Waals surface area contributed by atoms with Gasteiger partial charge in [0.15, 0.2) is 12.0 Å². The van der Waals surface area contributed by atoms with Crippen molar-refractivity contribution in [2.24, 2.45) is 16.5 Å². The number of nitrogens with zero attached hydrogens (tertiary/aromatic N) is 3. The summed E-state index contributed by atoms with van der Waals surface area (Å²) >= 11 is 0. The summed E-state index contributed by atoms with van der Waals surface area (Å²) in [5, 5.41) is 20.9. The van der Waals surface area contributed by atoms with Crippen LogP contribution in [0.4, 0.5) is 0 Å². The molecule has 0 saturated carbocycles. The fourth-order valence-corrected chi connectivity index (χ4v) is 7.04. The van der Waals surface area contributed by atoms with Crippen molar-refractivity contribution in [1.29, 1.82) is 0 Å². The van der Waals surface area contributed by atoms with Crippen molar-refractivity contribution in [2.75, 3.05) is 13.1 Å². The molecule has 4 aliphatic rings. The van der Waals surface area contributed by atoms with Crippen molar-refractivity contribution in [3.63, 3.8) is 0 Å². The molecule has 0 radical (unpaired) electrons. The third-order valence-electron chi connectivity index (χ3n) is 9.02. The summed E-state index contributed by atoms with van der Waals surface area (Å²) in [6.07, 6.45) is 1.84. The number of fused-ring (bicyclic) bond motifs is 1. The van der Waals surface area contributed by atoms with Gasteiger partial charge in [0.25, 0.3) is 11.8 Å². The monoisotopic (exact) mass is 560 g/mol. The fraction of sp³-hybridized carbons (Fsp3) is 0.483. The lowest BCUT2D eigenvalue weighted by Crippen LogP contribution is -2.88. The predicted octanol–water partition coefficient (Wildman–Crippen LogP) is -2.03. The largest absolute Gasteiger partial charge is 0.385 e. The normalized spacial score (nSPS) is 29.3. The standard InChI is InChI=1S/C29H37N9O3/c1-15-7-4-11-19(33-15)25(41)32-13-20-22-29(37-26(30)36-22)23(39)21(14-38(29)27(31)35-20)34-24(40)17-8-5-10-18-16(17)9-6-12-28(18,2)3/h4-5,7-8,10-11,20-23,39H,6,9,12-14H2,1-3H3,(H2,31,35)(H,32,41)(H,34,40)(H3,30,36,37)/p+1/t20-,21?,22-,23+,29-/m0/s1. The minimum absolute atomic E-state index is 0.00111. The number of hydrogen-bond donors (Lipinski definition) is 7. The van der Waals surface area contributed by atoms with Crippen molar-refractivity contribution < 1.29 is 19.7 Å². The van der Waals surface area contributed by atoms with E-state index < -0.39 is 29.9 Å². The van der Waals surface area contributed by atoms with Crippen LogP contribution in [0.3, 0.4) is 0 Å². The Hall–Kier alpha value is -4.19. The van der Waals surface area contributed by atoms with E-state index in [0.29, 0.717) is 11.3 Å². The molecule has 12 heteroatoms. The minimum atomic E-state index is -1.16. The van der Waals surface area contributed by atoms with Crippen LogP contribution in [-0.4, -0.2) is 81.7 Å². The van der Waals surface area contributed by atoms with Crippen molar-refractivity contribution in [1.82, 2.24) is 25.8 Å². The molecule has 4 heterocycles. The maximum Gasteiger partial charge on any atom is 0.343 e. The Bertz CT molecular complexity index is 1470. The van der Waals surface area contributed by atoms with Crippen LogP contribution in [0, 0.1) is 6.92 Å². The molecule has 1 unspecified atom stereocenters.